The summed E-state index contributed by atoms with van der Waals surface area (Å²) in [6, 6.07) is 8.80. The van der Waals surface area contributed by atoms with Crippen LogP contribution in [0.3, 0.4) is 0 Å². The molecule has 1 aromatic carbocycles. The van der Waals surface area contributed by atoms with Gasteiger partial charge in [-0.05, 0) is 31.4 Å². The first-order valence-corrected chi connectivity index (χ1v) is 6.30. The van der Waals surface area contributed by atoms with Crippen molar-refractivity contribution in [3.05, 3.63) is 29.8 Å². The van der Waals surface area contributed by atoms with Gasteiger partial charge in [-0.25, -0.2) is 5.84 Å². The maximum atomic E-state index is 6.25. The van der Waals surface area contributed by atoms with Crippen molar-refractivity contribution >= 4 is 5.69 Å². The van der Waals surface area contributed by atoms with E-state index >= 15 is 0 Å². The average Bonchev–Trinajstić information content (AvgIpc) is 2.28. The molecule has 0 heterocycles. The minimum atomic E-state index is 0.469. The number of nitrogens with two attached hydrogens (primary N) is 1. The highest BCUT2D eigenvalue weighted by Gasteiger charge is 2.15. The van der Waals surface area contributed by atoms with Crippen LogP contribution in [-0.4, -0.2) is 6.04 Å². The fourth-order valence-corrected chi connectivity index (χ4v) is 2.14. The summed E-state index contributed by atoms with van der Waals surface area (Å²) in [6.07, 6.45) is 4.70. The highest BCUT2D eigenvalue weighted by atomic mass is 15.4. The Morgan fingerprint density at radius 2 is 1.69 bits per heavy atom. The maximum absolute atomic E-state index is 6.25. The third kappa shape index (κ3) is 3.24. The maximum Gasteiger partial charge on any atom is 0.0549 e. The summed E-state index contributed by atoms with van der Waals surface area (Å²) in [5.41, 5.74) is 2.41. The molecule has 0 aliphatic rings. The van der Waals surface area contributed by atoms with Gasteiger partial charge in [0.1, 0.15) is 0 Å². The number of hydrazine groups is 1. The predicted octanol–water partition coefficient (Wildman–Crippen LogP) is 3.64. The molecular weight excluding hydrogens is 196 g/mol. The van der Waals surface area contributed by atoms with Gasteiger partial charge >= 0.3 is 0 Å². The van der Waals surface area contributed by atoms with Gasteiger partial charge in [0.2, 0.25) is 0 Å². The molecule has 0 atom stereocenters. The molecule has 0 radical (unpaired) electrons. The molecule has 0 aliphatic carbocycles. The van der Waals surface area contributed by atoms with Crippen LogP contribution in [0.1, 0.15) is 45.1 Å². The zero-order valence-corrected chi connectivity index (χ0v) is 10.7. The molecule has 0 unspecified atom stereocenters. The number of para-hydroxylation sites is 1. The second-order valence-electron chi connectivity index (χ2n) is 4.42. The number of anilines is 1. The highest BCUT2D eigenvalue weighted by molar-refractivity contribution is 5.52. The van der Waals surface area contributed by atoms with Crippen LogP contribution in [0.4, 0.5) is 5.69 Å². The van der Waals surface area contributed by atoms with Crippen molar-refractivity contribution in [3.63, 3.8) is 0 Å². The van der Waals surface area contributed by atoms with Crippen molar-refractivity contribution in [1.82, 2.24) is 0 Å². The molecule has 0 amide bonds. The molecule has 2 nitrogen and oxygen atoms in total. The summed E-state index contributed by atoms with van der Waals surface area (Å²) < 4.78 is 0. The van der Waals surface area contributed by atoms with Crippen LogP contribution in [0.25, 0.3) is 0 Å². The number of nitrogens with zero attached hydrogens (tertiary/aromatic N) is 1. The van der Waals surface area contributed by atoms with Crippen molar-refractivity contribution in [3.8, 4) is 0 Å². The van der Waals surface area contributed by atoms with Crippen molar-refractivity contribution < 1.29 is 0 Å². The summed E-state index contributed by atoms with van der Waals surface area (Å²) in [5.74, 6) is 6.25. The highest BCUT2D eigenvalue weighted by Crippen LogP contribution is 2.22. The van der Waals surface area contributed by atoms with Crippen molar-refractivity contribution in [2.75, 3.05) is 5.01 Å². The summed E-state index contributed by atoms with van der Waals surface area (Å²) in [5, 5.41) is 1.96. The number of benzene rings is 1. The molecule has 0 saturated heterocycles. The van der Waals surface area contributed by atoms with Crippen LogP contribution in [0.5, 0.6) is 0 Å². The Morgan fingerprint density at radius 1 is 1.12 bits per heavy atom. The van der Waals surface area contributed by atoms with Gasteiger partial charge in [0.25, 0.3) is 0 Å². The van der Waals surface area contributed by atoms with E-state index in [0.29, 0.717) is 6.04 Å². The zero-order chi connectivity index (χ0) is 12.0. The van der Waals surface area contributed by atoms with Gasteiger partial charge in [-0.1, -0.05) is 44.9 Å². The molecule has 0 aliphatic heterocycles. The van der Waals surface area contributed by atoms with Crippen molar-refractivity contribution in [1.29, 1.82) is 0 Å². The van der Waals surface area contributed by atoms with E-state index in [9.17, 15) is 0 Å². The number of hydrogen-bond donors (Lipinski definition) is 1. The number of rotatable bonds is 6. The van der Waals surface area contributed by atoms with Crippen LogP contribution >= 0.6 is 0 Å². The molecule has 2 N–H and O–H groups in total. The second kappa shape index (κ2) is 6.54. The van der Waals surface area contributed by atoms with E-state index in [4.69, 9.17) is 5.84 Å². The molecule has 0 saturated carbocycles. The SMILES string of the molecule is CCCC(CCC)N(N)c1ccccc1C. The molecular formula is C14H24N2. The summed E-state index contributed by atoms with van der Waals surface area (Å²) in [4.78, 5) is 0. The second-order valence-corrected chi connectivity index (χ2v) is 4.42. The lowest BCUT2D eigenvalue weighted by Gasteiger charge is -2.30. The zero-order valence-electron chi connectivity index (χ0n) is 10.7. The number of aryl methyl sites for hydroxylation is 1. The first kappa shape index (κ1) is 13.0. The summed E-state index contributed by atoms with van der Waals surface area (Å²) in [7, 11) is 0. The molecule has 0 spiro atoms. The van der Waals surface area contributed by atoms with E-state index in [-0.39, 0.29) is 0 Å². The van der Waals surface area contributed by atoms with Gasteiger partial charge in [0.05, 0.1) is 5.69 Å². The molecule has 0 bridgehead atoms. The lowest BCUT2D eigenvalue weighted by molar-refractivity contribution is 0.510. The third-order valence-corrected chi connectivity index (χ3v) is 3.03. The molecule has 16 heavy (non-hydrogen) atoms. The first-order chi connectivity index (χ1) is 7.70. The van der Waals surface area contributed by atoms with Gasteiger partial charge in [-0.2, -0.15) is 0 Å². The van der Waals surface area contributed by atoms with Crippen LogP contribution in [0, 0.1) is 6.92 Å². The van der Waals surface area contributed by atoms with Gasteiger partial charge in [-0.15, -0.1) is 0 Å². The van der Waals surface area contributed by atoms with E-state index in [1.54, 1.807) is 0 Å². The molecule has 1 aromatic rings. The van der Waals surface area contributed by atoms with Crippen molar-refractivity contribution in [2.24, 2.45) is 5.84 Å². The number of hydrogen-bond acceptors (Lipinski definition) is 2. The van der Waals surface area contributed by atoms with E-state index in [0.717, 1.165) is 5.69 Å². The Kier molecular flexibility index (Phi) is 5.33. The summed E-state index contributed by atoms with van der Waals surface area (Å²) >= 11 is 0. The third-order valence-electron chi connectivity index (χ3n) is 3.03. The topological polar surface area (TPSA) is 29.3 Å². The van der Waals surface area contributed by atoms with E-state index in [1.165, 1.54) is 31.2 Å². The van der Waals surface area contributed by atoms with E-state index in [1.807, 2.05) is 5.01 Å². The lowest BCUT2D eigenvalue weighted by atomic mass is 10.0. The monoisotopic (exact) mass is 220 g/mol. The first-order valence-electron chi connectivity index (χ1n) is 6.30. The van der Waals surface area contributed by atoms with Gasteiger partial charge in [-0.3, -0.25) is 0 Å². The predicted molar refractivity (Wildman–Crippen MR) is 71.4 cm³/mol. The van der Waals surface area contributed by atoms with Crippen molar-refractivity contribution in [2.45, 2.75) is 52.5 Å². The van der Waals surface area contributed by atoms with Gasteiger partial charge in [0, 0.05) is 6.04 Å². The Balaban J connectivity index is 2.81. The quantitative estimate of drug-likeness (QED) is 0.586. The van der Waals surface area contributed by atoms with Crippen LogP contribution in [-0.2, 0) is 0 Å². The molecule has 0 fully saturated rings. The lowest BCUT2D eigenvalue weighted by Crippen LogP contribution is -2.41. The van der Waals surface area contributed by atoms with Crippen LogP contribution in [0.15, 0.2) is 24.3 Å². The molecule has 90 valence electrons. The summed E-state index contributed by atoms with van der Waals surface area (Å²) in [6.45, 7) is 6.55. The van der Waals surface area contributed by atoms with Crippen LogP contribution in [0.2, 0.25) is 0 Å². The molecule has 0 aromatic heterocycles. The van der Waals surface area contributed by atoms with E-state index in [2.05, 4.69) is 45.0 Å². The van der Waals surface area contributed by atoms with Gasteiger partial charge in [0.15, 0.2) is 0 Å². The normalized spacial score (nSPS) is 10.8. The Bertz CT molecular complexity index is 303. The fourth-order valence-electron chi connectivity index (χ4n) is 2.14. The Hall–Kier alpha value is -1.02. The average molecular weight is 220 g/mol. The van der Waals surface area contributed by atoms with Gasteiger partial charge < -0.3 is 5.01 Å². The Labute approximate surface area is 99.4 Å². The minimum absolute atomic E-state index is 0.469. The fraction of sp³-hybridized carbons (Fsp3) is 0.571. The molecule has 1 rings (SSSR count). The Morgan fingerprint density at radius 3 is 2.19 bits per heavy atom. The smallest absolute Gasteiger partial charge is 0.0549 e. The van der Waals surface area contributed by atoms with E-state index < -0.39 is 0 Å². The minimum Gasteiger partial charge on any atom is -0.308 e. The molecule has 2 heteroatoms. The van der Waals surface area contributed by atoms with Crippen LogP contribution < -0.4 is 10.9 Å². The standard InChI is InChI=1S/C14H24N2/c1-4-8-13(9-5-2)16(15)14-11-7-6-10-12(14)3/h6-7,10-11,13H,4-5,8-9,15H2,1-3H3. The largest absolute Gasteiger partial charge is 0.308 e.